The van der Waals surface area contributed by atoms with Gasteiger partial charge in [-0.3, -0.25) is 4.90 Å². The van der Waals surface area contributed by atoms with Gasteiger partial charge in [-0.2, -0.15) is 0 Å². The molecule has 0 saturated carbocycles. The molecular formula is C12H26N2. The van der Waals surface area contributed by atoms with Crippen molar-refractivity contribution in [1.29, 1.82) is 0 Å². The highest BCUT2D eigenvalue weighted by atomic mass is 15.2. The highest BCUT2D eigenvalue weighted by Crippen LogP contribution is 2.19. The fraction of sp³-hybridized carbons (Fsp3) is 1.00. The van der Waals surface area contributed by atoms with Crippen molar-refractivity contribution in [3.8, 4) is 0 Å². The molecule has 1 saturated heterocycles. The minimum absolute atomic E-state index is 0.441. The Labute approximate surface area is 88.8 Å². The van der Waals surface area contributed by atoms with Crippen molar-refractivity contribution in [2.75, 3.05) is 13.1 Å². The maximum atomic E-state index is 5.95. The van der Waals surface area contributed by atoms with E-state index in [-0.39, 0.29) is 0 Å². The second kappa shape index (κ2) is 6.41. The first-order valence-corrected chi connectivity index (χ1v) is 6.27. The Bertz CT molecular complexity index is 147. The van der Waals surface area contributed by atoms with E-state index in [1.165, 1.54) is 45.1 Å². The van der Waals surface area contributed by atoms with E-state index in [0.717, 1.165) is 12.6 Å². The van der Waals surface area contributed by atoms with E-state index in [1.54, 1.807) is 0 Å². The van der Waals surface area contributed by atoms with Crippen LogP contribution in [0.1, 0.15) is 52.4 Å². The number of hydrogen-bond acceptors (Lipinski definition) is 2. The van der Waals surface area contributed by atoms with Gasteiger partial charge in [0.2, 0.25) is 0 Å². The Balaban J connectivity index is 2.33. The average Bonchev–Trinajstić information content (AvgIpc) is 2.59. The van der Waals surface area contributed by atoms with Crippen molar-refractivity contribution in [2.45, 2.75) is 64.5 Å². The van der Waals surface area contributed by atoms with Gasteiger partial charge < -0.3 is 5.73 Å². The fourth-order valence-corrected chi connectivity index (χ4v) is 2.43. The van der Waals surface area contributed by atoms with Crippen LogP contribution >= 0.6 is 0 Å². The van der Waals surface area contributed by atoms with E-state index in [4.69, 9.17) is 5.73 Å². The first kappa shape index (κ1) is 12.0. The number of rotatable bonds is 6. The van der Waals surface area contributed by atoms with Crippen LogP contribution in [0.5, 0.6) is 0 Å². The molecule has 0 aliphatic carbocycles. The number of hydrogen-bond donors (Lipinski definition) is 1. The summed E-state index contributed by atoms with van der Waals surface area (Å²) >= 11 is 0. The summed E-state index contributed by atoms with van der Waals surface area (Å²) in [6.07, 6.45) is 7.92. The lowest BCUT2D eigenvalue weighted by Gasteiger charge is -2.27. The van der Waals surface area contributed by atoms with Crippen LogP contribution in [0.2, 0.25) is 0 Å². The lowest BCUT2D eigenvalue weighted by molar-refractivity contribution is 0.211. The minimum Gasteiger partial charge on any atom is -0.326 e. The summed E-state index contributed by atoms with van der Waals surface area (Å²) in [6.45, 7) is 6.93. The number of nitrogens with two attached hydrogens (primary N) is 1. The number of unbranched alkanes of at least 4 members (excludes halogenated alkanes) is 1. The minimum atomic E-state index is 0.441. The van der Waals surface area contributed by atoms with Gasteiger partial charge in [0, 0.05) is 25.2 Å². The van der Waals surface area contributed by atoms with Gasteiger partial charge in [-0.15, -0.1) is 0 Å². The van der Waals surface area contributed by atoms with Gasteiger partial charge in [0.25, 0.3) is 0 Å². The van der Waals surface area contributed by atoms with Crippen LogP contribution < -0.4 is 5.73 Å². The van der Waals surface area contributed by atoms with Gasteiger partial charge in [0.15, 0.2) is 0 Å². The van der Waals surface area contributed by atoms with Crippen LogP contribution in [0.25, 0.3) is 0 Å². The predicted molar refractivity (Wildman–Crippen MR) is 62.4 cm³/mol. The van der Waals surface area contributed by atoms with Gasteiger partial charge in [-0.05, 0) is 19.3 Å². The summed E-state index contributed by atoms with van der Waals surface area (Å²) in [5, 5.41) is 0. The second-order valence-corrected chi connectivity index (χ2v) is 4.63. The van der Waals surface area contributed by atoms with Crippen LogP contribution in [0.4, 0.5) is 0 Å². The molecule has 2 nitrogen and oxygen atoms in total. The Morgan fingerprint density at radius 1 is 1.29 bits per heavy atom. The van der Waals surface area contributed by atoms with Crippen molar-refractivity contribution < 1.29 is 0 Å². The molecule has 1 aliphatic heterocycles. The smallest absolute Gasteiger partial charge is 0.0180 e. The zero-order valence-electron chi connectivity index (χ0n) is 9.84. The van der Waals surface area contributed by atoms with Crippen LogP contribution in [0, 0.1) is 0 Å². The quantitative estimate of drug-likeness (QED) is 0.710. The third kappa shape index (κ3) is 3.58. The molecule has 1 heterocycles. The average molecular weight is 198 g/mol. The van der Waals surface area contributed by atoms with Crippen molar-refractivity contribution in [2.24, 2.45) is 5.73 Å². The molecule has 0 aromatic rings. The second-order valence-electron chi connectivity index (χ2n) is 4.63. The van der Waals surface area contributed by atoms with Crippen molar-refractivity contribution in [3.63, 3.8) is 0 Å². The molecule has 2 N–H and O–H groups in total. The molecule has 0 spiro atoms. The maximum absolute atomic E-state index is 5.95. The molecule has 2 unspecified atom stereocenters. The van der Waals surface area contributed by atoms with Gasteiger partial charge in [-0.25, -0.2) is 0 Å². The zero-order valence-corrected chi connectivity index (χ0v) is 9.84. The molecule has 0 aromatic carbocycles. The summed E-state index contributed by atoms with van der Waals surface area (Å²) in [5.41, 5.74) is 5.95. The molecule has 0 radical (unpaired) electrons. The molecule has 0 bridgehead atoms. The van der Waals surface area contributed by atoms with Crippen LogP contribution in [0.3, 0.4) is 0 Å². The molecule has 2 heteroatoms. The van der Waals surface area contributed by atoms with Crippen molar-refractivity contribution in [1.82, 2.24) is 4.90 Å². The summed E-state index contributed by atoms with van der Waals surface area (Å²) < 4.78 is 0. The zero-order chi connectivity index (χ0) is 10.4. The van der Waals surface area contributed by atoms with E-state index in [1.807, 2.05) is 0 Å². The third-order valence-corrected chi connectivity index (χ3v) is 3.29. The molecule has 1 fully saturated rings. The van der Waals surface area contributed by atoms with Gasteiger partial charge >= 0.3 is 0 Å². The topological polar surface area (TPSA) is 29.3 Å². The van der Waals surface area contributed by atoms with Crippen molar-refractivity contribution >= 4 is 0 Å². The maximum Gasteiger partial charge on any atom is 0.0180 e. The van der Waals surface area contributed by atoms with Crippen LogP contribution in [-0.2, 0) is 0 Å². The fourth-order valence-electron chi connectivity index (χ4n) is 2.43. The summed E-state index contributed by atoms with van der Waals surface area (Å²) in [6, 6.07) is 1.25. The number of likely N-dealkylation sites (tertiary alicyclic amines) is 1. The highest BCUT2D eigenvalue weighted by Gasteiger charge is 2.24. The van der Waals surface area contributed by atoms with E-state index in [0.29, 0.717) is 6.04 Å². The highest BCUT2D eigenvalue weighted by molar-refractivity contribution is 4.83. The van der Waals surface area contributed by atoms with Gasteiger partial charge in [0.1, 0.15) is 0 Å². The van der Waals surface area contributed by atoms with E-state index >= 15 is 0 Å². The largest absolute Gasteiger partial charge is 0.326 e. The lowest BCUT2D eigenvalue weighted by Crippen LogP contribution is -2.35. The summed E-state index contributed by atoms with van der Waals surface area (Å²) in [4.78, 5) is 2.61. The third-order valence-electron chi connectivity index (χ3n) is 3.29. The molecule has 2 atom stereocenters. The van der Waals surface area contributed by atoms with Crippen LogP contribution in [0.15, 0.2) is 0 Å². The predicted octanol–water partition coefficient (Wildman–Crippen LogP) is 2.38. The number of nitrogens with zero attached hydrogens (tertiary/aromatic N) is 1. The SMILES string of the molecule is CCCCC(CCC)N1CCC(N)C1. The summed E-state index contributed by atoms with van der Waals surface area (Å²) in [5.74, 6) is 0. The molecule has 0 aromatic heterocycles. The Kier molecular flexibility index (Phi) is 5.49. The standard InChI is InChI=1S/C12H26N2/c1-3-5-7-12(6-4-2)14-9-8-11(13)10-14/h11-12H,3-10,13H2,1-2H3. The molecule has 0 amide bonds. The molecule has 1 aliphatic rings. The molecule has 1 rings (SSSR count). The van der Waals surface area contributed by atoms with E-state index in [9.17, 15) is 0 Å². The van der Waals surface area contributed by atoms with E-state index < -0.39 is 0 Å². The molecule has 84 valence electrons. The normalized spacial score (nSPS) is 25.5. The van der Waals surface area contributed by atoms with Gasteiger partial charge in [0.05, 0.1) is 0 Å². The molecular weight excluding hydrogens is 172 g/mol. The monoisotopic (exact) mass is 198 g/mol. The Morgan fingerprint density at radius 3 is 2.57 bits per heavy atom. The first-order valence-electron chi connectivity index (χ1n) is 6.27. The van der Waals surface area contributed by atoms with Crippen LogP contribution in [-0.4, -0.2) is 30.1 Å². The van der Waals surface area contributed by atoms with Gasteiger partial charge in [-0.1, -0.05) is 33.1 Å². The Hall–Kier alpha value is -0.0800. The first-order chi connectivity index (χ1) is 6.77. The molecule has 14 heavy (non-hydrogen) atoms. The summed E-state index contributed by atoms with van der Waals surface area (Å²) in [7, 11) is 0. The lowest BCUT2D eigenvalue weighted by atomic mass is 10.0. The van der Waals surface area contributed by atoms with Crippen molar-refractivity contribution in [3.05, 3.63) is 0 Å². The van der Waals surface area contributed by atoms with E-state index in [2.05, 4.69) is 18.7 Å². The Morgan fingerprint density at radius 2 is 2.07 bits per heavy atom.